The molecular formula is C22H29N3O2. The fourth-order valence-electron chi connectivity index (χ4n) is 3.90. The maximum absolute atomic E-state index is 11.3. The molecule has 0 radical (unpaired) electrons. The molecule has 2 N–H and O–H groups in total. The molecule has 5 heteroatoms. The Kier molecular flexibility index (Phi) is 6.35. The summed E-state index contributed by atoms with van der Waals surface area (Å²) in [7, 11) is 0. The van der Waals surface area contributed by atoms with Crippen molar-refractivity contribution >= 4 is 11.8 Å². The highest BCUT2D eigenvalue weighted by atomic mass is 16.6. The monoisotopic (exact) mass is 367 g/mol. The maximum Gasteiger partial charge on any atom is 0.405 e. The minimum atomic E-state index is -0.719. The van der Waals surface area contributed by atoms with Crippen LogP contribution in [0, 0.1) is 13.8 Å². The molecule has 2 aromatic carbocycles. The Morgan fingerprint density at radius 2 is 1.63 bits per heavy atom. The highest BCUT2D eigenvalue weighted by Crippen LogP contribution is 2.26. The zero-order valence-electron chi connectivity index (χ0n) is 16.2. The molecule has 0 aliphatic carbocycles. The molecule has 1 aliphatic heterocycles. The average Bonchev–Trinajstić information content (AvgIpc) is 2.66. The molecule has 1 fully saturated rings. The quantitative estimate of drug-likeness (QED) is 0.847. The van der Waals surface area contributed by atoms with Gasteiger partial charge in [-0.25, -0.2) is 4.79 Å². The standard InChI is InChI=1S/C22H29N3O2/c1-17-7-6-8-18(2)21(17)25-15-13-24(14-16-25)12-11-20(27-22(23)26)19-9-4-3-5-10-19/h3-10,20H,11-16H2,1-2H3,(H2,23,26). The third-order valence-corrected chi connectivity index (χ3v) is 5.27. The minimum absolute atomic E-state index is 0.291. The second-order valence-electron chi connectivity index (χ2n) is 7.19. The predicted octanol–water partition coefficient (Wildman–Crippen LogP) is 3.65. The number of anilines is 1. The highest BCUT2D eigenvalue weighted by Gasteiger charge is 2.22. The highest BCUT2D eigenvalue weighted by molar-refractivity contribution is 5.65. The number of hydrogen-bond acceptors (Lipinski definition) is 4. The molecule has 0 aromatic heterocycles. The second-order valence-corrected chi connectivity index (χ2v) is 7.19. The van der Waals surface area contributed by atoms with Crippen LogP contribution in [0.2, 0.25) is 0 Å². The molecule has 1 aliphatic rings. The van der Waals surface area contributed by atoms with Crippen LogP contribution in [-0.4, -0.2) is 43.7 Å². The van der Waals surface area contributed by atoms with Gasteiger partial charge in [0.1, 0.15) is 6.10 Å². The Hall–Kier alpha value is -2.53. The Bertz CT molecular complexity index is 735. The maximum atomic E-state index is 11.3. The molecule has 1 heterocycles. The molecule has 3 rings (SSSR count). The number of nitrogens with two attached hydrogens (primary N) is 1. The normalized spacial score (nSPS) is 16.1. The number of carbonyl (C=O) groups excluding carboxylic acids is 1. The van der Waals surface area contributed by atoms with Gasteiger partial charge in [0.2, 0.25) is 0 Å². The SMILES string of the molecule is Cc1cccc(C)c1N1CCN(CCC(OC(N)=O)c2ccccc2)CC1. The molecule has 0 bridgehead atoms. The van der Waals surface area contributed by atoms with E-state index in [-0.39, 0.29) is 6.10 Å². The van der Waals surface area contributed by atoms with E-state index < -0.39 is 6.09 Å². The first-order valence-corrected chi connectivity index (χ1v) is 9.59. The number of para-hydroxylation sites is 1. The average molecular weight is 367 g/mol. The lowest BCUT2D eigenvalue weighted by atomic mass is 10.1. The summed E-state index contributed by atoms with van der Waals surface area (Å²) >= 11 is 0. The van der Waals surface area contributed by atoms with Crippen LogP contribution >= 0.6 is 0 Å². The fourth-order valence-corrected chi connectivity index (χ4v) is 3.90. The van der Waals surface area contributed by atoms with Crippen molar-refractivity contribution in [1.82, 2.24) is 4.90 Å². The van der Waals surface area contributed by atoms with Crippen molar-refractivity contribution in [2.45, 2.75) is 26.4 Å². The Morgan fingerprint density at radius 1 is 1.00 bits per heavy atom. The lowest BCUT2D eigenvalue weighted by molar-refractivity contribution is 0.0910. The molecule has 1 atom stereocenters. The van der Waals surface area contributed by atoms with Gasteiger partial charge in [0.05, 0.1) is 0 Å². The van der Waals surface area contributed by atoms with Crippen LogP contribution in [0.3, 0.4) is 0 Å². The van der Waals surface area contributed by atoms with Gasteiger partial charge in [-0.2, -0.15) is 0 Å². The van der Waals surface area contributed by atoms with Crippen LogP contribution in [0.15, 0.2) is 48.5 Å². The minimum Gasteiger partial charge on any atom is -0.441 e. The first-order chi connectivity index (χ1) is 13.0. The Balaban J connectivity index is 1.56. The zero-order chi connectivity index (χ0) is 19.2. The third kappa shape index (κ3) is 5.01. The number of amides is 1. The van der Waals surface area contributed by atoms with Crippen LogP contribution in [0.1, 0.15) is 29.2 Å². The molecule has 27 heavy (non-hydrogen) atoms. The number of ether oxygens (including phenoxy) is 1. The number of primary amides is 1. The van der Waals surface area contributed by atoms with Crippen molar-refractivity contribution in [2.75, 3.05) is 37.6 Å². The summed E-state index contributed by atoms with van der Waals surface area (Å²) in [5.41, 5.74) is 10.3. The molecule has 1 saturated heterocycles. The van der Waals surface area contributed by atoms with Gasteiger partial charge in [0.25, 0.3) is 0 Å². The van der Waals surface area contributed by atoms with E-state index in [1.165, 1.54) is 16.8 Å². The van der Waals surface area contributed by atoms with Gasteiger partial charge in [-0.05, 0) is 30.5 Å². The summed E-state index contributed by atoms with van der Waals surface area (Å²) in [5, 5.41) is 0. The molecule has 2 aromatic rings. The number of rotatable bonds is 6. The van der Waals surface area contributed by atoms with E-state index in [0.717, 1.165) is 44.7 Å². The topological polar surface area (TPSA) is 58.8 Å². The lowest BCUT2D eigenvalue weighted by Crippen LogP contribution is -2.47. The van der Waals surface area contributed by atoms with Gasteiger partial charge in [-0.3, -0.25) is 4.90 Å². The Labute approximate surface area is 161 Å². The van der Waals surface area contributed by atoms with E-state index in [2.05, 4.69) is 41.8 Å². The van der Waals surface area contributed by atoms with Crippen LogP contribution in [-0.2, 0) is 4.74 Å². The van der Waals surface area contributed by atoms with Crippen LogP contribution in [0.4, 0.5) is 10.5 Å². The summed E-state index contributed by atoms with van der Waals surface area (Å²) < 4.78 is 5.35. The van der Waals surface area contributed by atoms with Crippen LogP contribution in [0.5, 0.6) is 0 Å². The van der Waals surface area contributed by atoms with E-state index in [1.54, 1.807) is 0 Å². The smallest absolute Gasteiger partial charge is 0.405 e. The molecule has 5 nitrogen and oxygen atoms in total. The van der Waals surface area contributed by atoms with E-state index in [4.69, 9.17) is 10.5 Å². The van der Waals surface area contributed by atoms with Gasteiger partial charge >= 0.3 is 6.09 Å². The molecule has 1 unspecified atom stereocenters. The van der Waals surface area contributed by atoms with Gasteiger partial charge in [-0.1, -0.05) is 48.5 Å². The number of aryl methyl sites for hydroxylation is 2. The Morgan fingerprint density at radius 3 is 2.22 bits per heavy atom. The number of hydrogen-bond donors (Lipinski definition) is 1. The van der Waals surface area contributed by atoms with Crippen LogP contribution < -0.4 is 10.6 Å². The van der Waals surface area contributed by atoms with E-state index in [9.17, 15) is 4.79 Å². The molecular weight excluding hydrogens is 338 g/mol. The first-order valence-electron chi connectivity index (χ1n) is 9.59. The molecule has 0 spiro atoms. The lowest BCUT2D eigenvalue weighted by Gasteiger charge is -2.38. The first kappa shape index (κ1) is 19.2. The van der Waals surface area contributed by atoms with Crippen molar-refractivity contribution in [3.8, 4) is 0 Å². The second kappa shape index (κ2) is 8.91. The summed E-state index contributed by atoms with van der Waals surface area (Å²) in [6.07, 6.45) is -0.264. The van der Waals surface area contributed by atoms with Gasteiger partial charge in [0, 0.05) is 44.8 Å². The van der Waals surface area contributed by atoms with Gasteiger partial charge in [-0.15, -0.1) is 0 Å². The predicted molar refractivity (Wildman–Crippen MR) is 109 cm³/mol. The van der Waals surface area contributed by atoms with Crippen LogP contribution in [0.25, 0.3) is 0 Å². The van der Waals surface area contributed by atoms with Gasteiger partial charge < -0.3 is 15.4 Å². The number of nitrogens with zero attached hydrogens (tertiary/aromatic N) is 2. The fraction of sp³-hybridized carbons (Fsp3) is 0.409. The molecule has 144 valence electrons. The largest absolute Gasteiger partial charge is 0.441 e. The number of carbonyl (C=O) groups is 1. The van der Waals surface area contributed by atoms with Crippen molar-refractivity contribution in [3.63, 3.8) is 0 Å². The van der Waals surface area contributed by atoms with E-state index in [0.29, 0.717) is 0 Å². The van der Waals surface area contributed by atoms with E-state index >= 15 is 0 Å². The third-order valence-electron chi connectivity index (χ3n) is 5.27. The summed E-state index contributed by atoms with van der Waals surface area (Å²) in [6, 6.07) is 16.3. The zero-order valence-corrected chi connectivity index (χ0v) is 16.2. The van der Waals surface area contributed by atoms with E-state index in [1.807, 2.05) is 30.3 Å². The van der Waals surface area contributed by atoms with Gasteiger partial charge in [0.15, 0.2) is 0 Å². The number of benzene rings is 2. The summed E-state index contributed by atoms with van der Waals surface area (Å²) in [6.45, 7) is 9.28. The van der Waals surface area contributed by atoms with Crippen molar-refractivity contribution in [3.05, 3.63) is 65.2 Å². The van der Waals surface area contributed by atoms with Crippen molar-refractivity contribution < 1.29 is 9.53 Å². The van der Waals surface area contributed by atoms with Crippen molar-refractivity contribution in [1.29, 1.82) is 0 Å². The van der Waals surface area contributed by atoms with Crippen molar-refractivity contribution in [2.24, 2.45) is 5.73 Å². The summed E-state index contributed by atoms with van der Waals surface area (Å²) in [4.78, 5) is 16.2. The molecule has 1 amide bonds. The summed E-state index contributed by atoms with van der Waals surface area (Å²) in [5.74, 6) is 0. The molecule has 0 saturated carbocycles. The number of piperazine rings is 1.